The Balaban J connectivity index is 2.76. The number of unbranched alkanes of at least 4 members (excludes halogenated alkanes) is 1. The van der Waals surface area contributed by atoms with Crippen molar-refractivity contribution < 1.29 is 9.47 Å². The highest BCUT2D eigenvalue weighted by Gasteiger charge is 2.07. The van der Waals surface area contributed by atoms with E-state index in [1.165, 1.54) is 0 Å². The normalized spacial score (nSPS) is 12.2. The first kappa shape index (κ1) is 12.8. The summed E-state index contributed by atoms with van der Waals surface area (Å²) >= 11 is 0. The number of nitrogens with two attached hydrogens (primary N) is 1. The van der Waals surface area contributed by atoms with Gasteiger partial charge in [0.25, 0.3) is 0 Å². The molecule has 0 spiro atoms. The van der Waals surface area contributed by atoms with Crippen LogP contribution < -0.4 is 15.2 Å². The first-order valence-electron chi connectivity index (χ1n) is 5.75. The molecule has 0 aliphatic heterocycles. The molecule has 1 aromatic carbocycles. The second kappa shape index (κ2) is 6.38. The van der Waals surface area contributed by atoms with Crippen molar-refractivity contribution >= 4 is 0 Å². The monoisotopic (exact) mass is 223 g/mol. The summed E-state index contributed by atoms with van der Waals surface area (Å²) in [5.74, 6) is 1.55. The predicted molar refractivity (Wildman–Crippen MR) is 66.0 cm³/mol. The Morgan fingerprint density at radius 2 is 2.06 bits per heavy atom. The Bertz CT molecular complexity index is 324. The molecule has 90 valence electrons. The van der Waals surface area contributed by atoms with Crippen LogP contribution in [0.25, 0.3) is 0 Å². The lowest BCUT2D eigenvalue weighted by Crippen LogP contribution is -2.06. The van der Waals surface area contributed by atoms with Crippen LogP contribution in [-0.2, 0) is 0 Å². The van der Waals surface area contributed by atoms with Gasteiger partial charge in [-0.05, 0) is 31.0 Å². The summed E-state index contributed by atoms with van der Waals surface area (Å²) in [5.41, 5.74) is 6.87. The Kier molecular flexibility index (Phi) is 5.12. The van der Waals surface area contributed by atoms with Gasteiger partial charge in [0.1, 0.15) is 0 Å². The third kappa shape index (κ3) is 3.42. The van der Waals surface area contributed by atoms with Gasteiger partial charge in [-0.25, -0.2) is 0 Å². The van der Waals surface area contributed by atoms with Gasteiger partial charge in [-0.3, -0.25) is 0 Å². The fourth-order valence-electron chi connectivity index (χ4n) is 1.41. The van der Waals surface area contributed by atoms with Crippen LogP contribution in [0.5, 0.6) is 11.5 Å². The van der Waals surface area contributed by atoms with Gasteiger partial charge in [0.2, 0.25) is 0 Å². The molecule has 16 heavy (non-hydrogen) atoms. The van der Waals surface area contributed by atoms with Gasteiger partial charge in [0, 0.05) is 6.04 Å². The Hall–Kier alpha value is -1.22. The molecule has 3 nitrogen and oxygen atoms in total. The summed E-state index contributed by atoms with van der Waals surface area (Å²) < 4.78 is 10.9. The topological polar surface area (TPSA) is 44.5 Å². The summed E-state index contributed by atoms with van der Waals surface area (Å²) in [4.78, 5) is 0. The minimum atomic E-state index is 0.0126. The summed E-state index contributed by atoms with van der Waals surface area (Å²) in [6.45, 7) is 4.82. The zero-order valence-corrected chi connectivity index (χ0v) is 10.3. The van der Waals surface area contributed by atoms with E-state index in [1.807, 2.05) is 25.1 Å². The number of ether oxygens (including phenoxy) is 2. The number of hydrogen-bond donors (Lipinski definition) is 1. The molecule has 0 amide bonds. The molecule has 0 fully saturated rings. The van der Waals surface area contributed by atoms with Crippen LogP contribution in [0.2, 0.25) is 0 Å². The average molecular weight is 223 g/mol. The zero-order chi connectivity index (χ0) is 12.0. The predicted octanol–water partition coefficient (Wildman–Crippen LogP) is 2.89. The van der Waals surface area contributed by atoms with E-state index >= 15 is 0 Å². The molecule has 0 aliphatic carbocycles. The molecule has 1 atom stereocenters. The third-order valence-electron chi connectivity index (χ3n) is 2.47. The van der Waals surface area contributed by atoms with E-state index in [2.05, 4.69) is 6.92 Å². The van der Waals surface area contributed by atoms with E-state index in [0.29, 0.717) is 0 Å². The molecule has 0 heterocycles. The van der Waals surface area contributed by atoms with Gasteiger partial charge in [0.05, 0.1) is 13.7 Å². The zero-order valence-electron chi connectivity index (χ0n) is 10.3. The molecule has 0 saturated carbocycles. The van der Waals surface area contributed by atoms with Crippen LogP contribution in [0.4, 0.5) is 0 Å². The molecule has 2 N–H and O–H groups in total. The molecule has 0 aliphatic rings. The summed E-state index contributed by atoms with van der Waals surface area (Å²) in [6, 6.07) is 5.85. The first-order chi connectivity index (χ1) is 7.69. The number of benzene rings is 1. The maximum atomic E-state index is 5.81. The Morgan fingerprint density at radius 3 is 2.62 bits per heavy atom. The highest BCUT2D eigenvalue weighted by molar-refractivity contribution is 5.43. The van der Waals surface area contributed by atoms with Gasteiger partial charge in [-0.2, -0.15) is 0 Å². The van der Waals surface area contributed by atoms with Crippen molar-refractivity contribution in [1.29, 1.82) is 0 Å². The molecule has 1 aromatic rings. The molecular formula is C13H21NO2. The minimum absolute atomic E-state index is 0.0126. The standard InChI is InChI=1S/C13H21NO2/c1-4-5-8-16-12-7-6-11(10(2)14)9-13(12)15-3/h6-7,9-10H,4-5,8,14H2,1-3H3/t10-/m0/s1. The Labute approximate surface area is 97.6 Å². The van der Waals surface area contributed by atoms with Crippen molar-refractivity contribution in [2.24, 2.45) is 5.73 Å². The van der Waals surface area contributed by atoms with Crippen LogP contribution >= 0.6 is 0 Å². The average Bonchev–Trinajstić information content (AvgIpc) is 2.29. The molecular weight excluding hydrogens is 202 g/mol. The van der Waals surface area contributed by atoms with E-state index < -0.39 is 0 Å². The highest BCUT2D eigenvalue weighted by atomic mass is 16.5. The lowest BCUT2D eigenvalue weighted by Gasteiger charge is -2.13. The lowest BCUT2D eigenvalue weighted by atomic mass is 10.1. The highest BCUT2D eigenvalue weighted by Crippen LogP contribution is 2.29. The van der Waals surface area contributed by atoms with E-state index in [1.54, 1.807) is 7.11 Å². The van der Waals surface area contributed by atoms with Gasteiger partial charge in [-0.1, -0.05) is 19.4 Å². The quantitative estimate of drug-likeness (QED) is 0.754. The van der Waals surface area contributed by atoms with Crippen molar-refractivity contribution in [3.8, 4) is 11.5 Å². The smallest absolute Gasteiger partial charge is 0.161 e. The van der Waals surface area contributed by atoms with E-state index in [-0.39, 0.29) is 6.04 Å². The van der Waals surface area contributed by atoms with Crippen molar-refractivity contribution in [3.63, 3.8) is 0 Å². The molecule has 0 radical (unpaired) electrons. The third-order valence-corrected chi connectivity index (χ3v) is 2.47. The fourth-order valence-corrected chi connectivity index (χ4v) is 1.41. The second-order valence-electron chi connectivity index (χ2n) is 3.90. The summed E-state index contributed by atoms with van der Waals surface area (Å²) in [6.07, 6.45) is 2.18. The van der Waals surface area contributed by atoms with E-state index in [0.717, 1.165) is 36.5 Å². The van der Waals surface area contributed by atoms with Crippen LogP contribution in [-0.4, -0.2) is 13.7 Å². The number of rotatable bonds is 6. The van der Waals surface area contributed by atoms with Gasteiger partial charge in [-0.15, -0.1) is 0 Å². The van der Waals surface area contributed by atoms with E-state index in [9.17, 15) is 0 Å². The van der Waals surface area contributed by atoms with Crippen molar-refractivity contribution in [3.05, 3.63) is 23.8 Å². The SMILES string of the molecule is CCCCOc1ccc([C@H](C)N)cc1OC. The van der Waals surface area contributed by atoms with Gasteiger partial charge < -0.3 is 15.2 Å². The summed E-state index contributed by atoms with van der Waals surface area (Å²) in [7, 11) is 1.65. The molecule has 0 saturated heterocycles. The largest absolute Gasteiger partial charge is 0.493 e. The molecule has 1 rings (SSSR count). The fraction of sp³-hybridized carbons (Fsp3) is 0.538. The molecule has 0 unspecified atom stereocenters. The van der Waals surface area contributed by atoms with Gasteiger partial charge >= 0.3 is 0 Å². The second-order valence-corrected chi connectivity index (χ2v) is 3.90. The van der Waals surface area contributed by atoms with Crippen molar-refractivity contribution in [1.82, 2.24) is 0 Å². The van der Waals surface area contributed by atoms with Crippen LogP contribution in [0.1, 0.15) is 38.3 Å². The van der Waals surface area contributed by atoms with Gasteiger partial charge in [0.15, 0.2) is 11.5 Å². The summed E-state index contributed by atoms with van der Waals surface area (Å²) in [5, 5.41) is 0. The van der Waals surface area contributed by atoms with E-state index in [4.69, 9.17) is 15.2 Å². The Morgan fingerprint density at radius 1 is 1.31 bits per heavy atom. The van der Waals surface area contributed by atoms with Crippen LogP contribution in [0, 0.1) is 0 Å². The molecule has 3 heteroatoms. The molecule has 0 aromatic heterocycles. The van der Waals surface area contributed by atoms with Crippen LogP contribution in [0.15, 0.2) is 18.2 Å². The molecule has 0 bridgehead atoms. The van der Waals surface area contributed by atoms with Crippen molar-refractivity contribution in [2.45, 2.75) is 32.7 Å². The minimum Gasteiger partial charge on any atom is -0.493 e. The maximum absolute atomic E-state index is 5.81. The first-order valence-corrected chi connectivity index (χ1v) is 5.75. The number of hydrogen-bond acceptors (Lipinski definition) is 3. The maximum Gasteiger partial charge on any atom is 0.161 e. The van der Waals surface area contributed by atoms with Crippen molar-refractivity contribution in [2.75, 3.05) is 13.7 Å². The number of methoxy groups -OCH3 is 1. The van der Waals surface area contributed by atoms with Crippen LogP contribution in [0.3, 0.4) is 0 Å². The lowest BCUT2D eigenvalue weighted by molar-refractivity contribution is 0.288.